The minimum absolute atomic E-state index is 0.141. The fourth-order valence-corrected chi connectivity index (χ4v) is 2.78. The van der Waals surface area contributed by atoms with Gasteiger partial charge in [0.1, 0.15) is 0 Å². The third-order valence-corrected chi connectivity index (χ3v) is 5.23. The van der Waals surface area contributed by atoms with E-state index in [1.54, 1.807) is 0 Å². The molecule has 0 aromatic carbocycles. The molecule has 1 aliphatic rings. The van der Waals surface area contributed by atoms with Gasteiger partial charge in [0.15, 0.2) is 0 Å². The lowest BCUT2D eigenvalue weighted by molar-refractivity contribution is -0.155. The zero-order valence-corrected chi connectivity index (χ0v) is 16.4. The molecule has 0 bridgehead atoms. The van der Waals surface area contributed by atoms with Crippen molar-refractivity contribution >= 4 is 11.9 Å². The molecular weight excluding hydrogens is 392 g/mol. The maximum absolute atomic E-state index is 10.6. The molecule has 1 saturated carbocycles. The van der Waals surface area contributed by atoms with Gasteiger partial charge in [0.05, 0.1) is 75.5 Å². The van der Waals surface area contributed by atoms with Gasteiger partial charge >= 0.3 is 11.9 Å². The molecule has 0 aliphatic heterocycles. The van der Waals surface area contributed by atoms with Crippen molar-refractivity contribution in [3.05, 3.63) is 0 Å². The van der Waals surface area contributed by atoms with Crippen LogP contribution in [0.1, 0.15) is 25.7 Å². The number of hydrogen-bond acceptors (Lipinski definition) is 9. The highest BCUT2D eigenvalue weighted by molar-refractivity contribution is 5.80. The molecular formula is C18H34O11. The van der Waals surface area contributed by atoms with Crippen LogP contribution < -0.4 is 0 Å². The first-order chi connectivity index (χ1) is 13.7. The van der Waals surface area contributed by atoms with Crippen molar-refractivity contribution in [1.29, 1.82) is 0 Å². The summed E-state index contributed by atoms with van der Waals surface area (Å²) in [6.45, 7) is -3.01. The van der Waals surface area contributed by atoms with Gasteiger partial charge in [-0.2, -0.15) is 0 Å². The topological polar surface area (TPSA) is 205 Å². The number of hydrogen-bond donors (Lipinski definition) is 8. The lowest BCUT2D eigenvalue weighted by Gasteiger charge is -2.31. The monoisotopic (exact) mass is 426 g/mol. The van der Waals surface area contributed by atoms with E-state index >= 15 is 0 Å². The van der Waals surface area contributed by atoms with Gasteiger partial charge in [0, 0.05) is 0 Å². The van der Waals surface area contributed by atoms with Gasteiger partial charge in [-0.1, -0.05) is 12.8 Å². The molecule has 11 nitrogen and oxygen atoms in total. The first kappa shape index (κ1) is 27.7. The van der Waals surface area contributed by atoms with Gasteiger partial charge < -0.3 is 45.6 Å². The van der Waals surface area contributed by atoms with E-state index < -0.39 is 74.2 Å². The lowest BCUT2D eigenvalue weighted by atomic mass is 9.79. The van der Waals surface area contributed by atoms with Gasteiger partial charge in [-0.05, 0) is 12.8 Å². The molecule has 0 saturated heterocycles. The standard InChI is InChI=1S/C10H22O7.C8H12O4/c11-1-9(2-12,3-13)7-17-8-10(4-14,5-15)6-16;9-7(10)5-3-1-2-4-6(5)8(11)12/h11-16H,1-8H2;5-6H,1-4H2,(H,9,10)(H,11,12). The van der Waals surface area contributed by atoms with Crippen molar-refractivity contribution in [1.82, 2.24) is 0 Å². The van der Waals surface area contributed by atoms with Crippen molar-refractivity contribution in [2.24, 2.45) is 22.7 Å². The van der Waals surface area contributed by atoms with Crippen molar-refractivity contribution in [2.75, 3.05) is 52.9 Å². The molecule has 0 aromatic rings. The minimum atomic E-state index is -1.16. The Morgan fingerprint density at radius 3 is 1.14 bits per heavy atom. The molecule has 29 heavy (non-hydrogen) atoms. The summed E-state index contributed by atoms with van der Waals surface area (Å²) in [5.74, 6) is -3.28. The summed E-state index contributed by atoms with van der Waals surface area (Å²) in [5, 5.41) is 71.6. The van der Waals surface area contributed by atoms with Crippen LogP contribution in [0.3, 0.4) is 0 Å². The van der Waals surface area contributed by atoms with E-state index in [0.717, 1.165) is 12.8 Å². The SMILES string of the molecule is O=C(O)C1CCCCC1C(=O)O.OCC(CO)(CO)COCC(CO)(CO)CO. The minimum Gasteiger partial charge on any atom is -0.481 e. The zero-order chi connectivity index (χ0) is 22.5. The van der Waals surface area contributed by atoms with E-state index in [9.17, 15) is 9.59 Å². The van der Waals surface area contributed by atoms with E-state index in [2.05, 4.69) is 0 Å². The van der Waals surface area contributed by atoms with Crippen LogP contribution >= 0.6 is 0 Å². The summed E-state index contributed by atoms with van der Waals surface area (Å²) in [7, 11) is 0. The molecule has 1 fully saturated rings. The molecule has 0 aromatic heterocycles. The molecule has 0 radical (unpaired) electrons. The highest BCUT2D eigenvalue weighted by atomic mass is 16.5. The first-order valence-corrected chi connectivity index (χ1v) is 9.39. The third kappa shape index (κ3) is 8.51. The average molecular weight is 426 g/mol. The maximum Gasteiger partial charge on any atom is 0.307 e. The Labute approximate surface area is 169 Å². The molecule has 1 rings (SSSR count). The van der Waals surface area contributed by atoms with Gasteiger partial charge in [0.25, 0.3) is 0 Å². The second-order valence-corrected chi connectivity index (χ2v) is 7.62. The zero-order valence-electron chi connectivity index (χ0n) is 16.4. The predicted molar refractivity (Wildman–Crippen MR) is 98.9 cm³/mol. The number of aliphatic hydroxyl groups excluding tert-OH is 6. The van der Waals surface area contributed by atoms with Crippen LogP contribution in [0, 0.1) is 22.7 Å². The van der Waals surface area contributed by atoms with Crippen LogP contribution in [-0.2, 0) is 14.3 Å². The Morgan fingerprint density at radius 1 is 0.655 bits per heavy atom. The van der Waals surface area contributed by atoms with Crippen molar-refractivity contribution < 1.29 is 55.2 Å². The normalized spacial score (nSPS) is 19.9. The number of aliphatic carboxylic acids is 2. The van der Waals surface area contributed by atoms with Crippen molar-refractivity contribution in [3.8, 4) is 0 Å². The highest BCUT2D eigenvalue weighted by Gasteiger charge is 2.35. The van der Waals surface area contributed by atoms with E-state index in [1.807, 2.05) is 0 Å². The number of carboxylic acid groups (broad SMARTS) is 2. The smallest absolute Gasteiger partial charge is 0.307 e. The molecule has 2 atom stereocenters. The molecule has 0 spiro atoms. The Kier molecular flexibility index (Phi) is 13.2. The van der Waals surface area contributed by atoms with Gasteiger partial charge in [-0.15, -0.1) is 0 Å². The summed E-state index contributed by atoms with van der Waals surface area (Å²) < 4.78 is 5.15. The third-order valence-electron chi connectivity index (χ3n) is 5.23. The highest BCUT2D eigenvalue weighted by Crippen LogP contribution is 2.30. The largest absolute Gasteiger partial charge is 0.481 e. The molecule has 2 unspecified atom stereocenters. The number of carboxylic acids is 2. The first-order valence-electron chi connectivity index (χ1n) is 9.39. The Bertz CT molecular complexity index is 416. The van der Waals surface area contributed by atoms with E-state index in [4.69, 9.17) is 45.6 Å². The second-order valence-electron chi connectivity index (χ2n) is 7.62. The van der Waals surface area contributed by atoms with Gasteiger partial charge in [-0.3, -0.25) is 9.59 Å². The lowest BCUT2D eigenvalue weighted by Crippen LogP contribution is -2.43. The van der Waals surface area contributed by atoms with Crippen LogP contribution in [0.4, 0.5) is 0 Å². The molecule has 0 heterocycles. The molecule has 0 amide bonds. The van der Waals surface area contributed by atoms with Crippen LogP contribution in [0.2, 0.25) is 0 Å². The number of carbonyl (C=O) groups is 2. The molecule has 8 N–H and O–H groups in total. The molecule has 1 aliphatic carbocycles. The van der Waals surface area contributed by atoms with Crippen LogP contribution in [-0.4, -0.2) is 106 Å². The van der Waals surface area contributed by atoms with Crippen LogP contribution in [0.5, 0.6) is 0 Å². The maximum atomic E-state index is 10.6. The van der Waals surface area contributed by atoms with E-state index in [-0.39, 0.29) is 13.2 Å². The van der Waals surface area contributed by atoms with Gasteiger partial charge in [-0.25, -0.2) is 0 Å². The Morgan fingerprint density at radius 2 is 0.931 bits per heavy atom. The van der Waals surface area contributed by atoms with Crippen molar-refractivity contribution in [3.63, 3.8) is 0 Å². The summed E-state index contributed by atoms with van der Waals surface area (Å²) >= 11 is 0. The molecule has 172 valence electrons. The average Bonchev–Trinajstić information content (AvgIpc) is 2.75. The second kappa shape index (κ2) is 13.8. The quantitative estimate of drug-likeness (QED) is 0.169. The number of ether oxygens (including phenoxy) is 1. The fourth-order valence-electron chi connectivity index (χ4n) is 2.78. The Balaban J connectivity index is 0.000000571. The summed E-state index contributed by atoms with van der Waals surface area (Å²) in [4.78, 5) is 21.2. The summed E-state index contributed by atoms with van der Waals surface area (Å²) in [5.41, 5.74) is -2.32. The summed E-state index contributed by atoms with van der Waals surface area (Å²) in [6.07, 6.45) is 2.68. The predicted octanol–water partition coefficient (Wildman–Crippen LogP) is -2.11. The van der Waals surface area contributed by atoms with Crippen LogP contribution in [0.15, 0.2) is 0 Å². The van der Waals surface area contributed by atoms with Gasteiger partial charge in [0.2, 0.25) is 0 Å². The van der Waals surface area contributed by atoms with E-state index in [1.165, 1.54) is 0 Å². The molecule has 11 heteroatoms. The fraction of sp³-hybridized carbons (Fsp3) is 0.889. The summed E-state index contributed by atoms with van der Waals surface area (Å²) in [6, 6.07) is 0. The number of aliphatic hydroxyl groups is 6. The number of rotatable bonds is 12. The van der Waals surface area contributed by atoms with E-state index in [0.29, 0.717) is 12.8 Å². The Hall–Kier alpha value is -1.34. The van der Waals surface area contributed by atoms with Crippen molar-refractivity contribution in [2.45, 2.75) is 25.7 Å². The van der Waals surface area contributed by atoms with Crippen LogP contribution in [0.25, 0.3) is 0 Å².